The first-order valence-electron chi connectivity index (χ1n) is 4.07. The van der Waals surface area contributed by atoms with Crippen molar-refractivity contribution >= 4 is 0 Å². The van der Waals surface area contributed by atoms with E-state index in [-0.39, 0.29) is 0 Å². The second-order valence-corrected chi connectivity index (χ2v) is 2.80. The fraction of sp³-hybridized carbons (Fsp3) is 0.222. The maximum Gasteiger partial charge on any atom is 0.151 e. The number of imidazole rings is 1. The van der Waals surface area contributed by atoms with Gasteiger partial charge in [0.1, 0.15) is 11.5 Å². The second-order valence-electron chi connectivity index (χ2n) is 2.80. The molecule has 13 heavy (non-hydrogen) atoms. The van der Waals surface area contributed by atoms with Crippen molar-refractivity contribution < 1.29 is 4.42 Å². The molecule has 4 heteroatoms. The summed E-state index contributed by atoms with van der Waals surface area (Å²) in [6.07, 6.45) is 3.41. The largest absolute Gasteiger partial charge is 0.463 e. The molecule has 0 atom stereocenters. The Bertz CT molecular complexity index is 389. The molecule has 0 spiro atoms. The maximum absolute atomic E-state index is 5.50. The molecule has 0 saturated carbocycles. The first-order valence-corrected chi connectivity index (χ1v) is 4.07. The van der Waals surface area contributed by atoms with Crippen molar-refractivity contribution in [3.8, 4) is 11.5 Å². The van der Waals surface area contributed by atoms with E-state index in [4.69, 9.17) is 10.2 Å². The zero-order valence-corrected chi connectivity index (χ0v) is 7.40. The molecule has 0 amide bonds. The highest BCUT2D eigenvalue weighted by Crippen LogP contribution is 2.19. The topological polar surface area (TPSA) is 57.0 Å². The summed E-state index contributed by atoms with van der Waals surface area (Å²) in [7, 11) is 1.92. The smallest absolute Gasteiger partial charge is 0.151 e. The van der Waals surface area contributed by atoms with E-state index >= 15 is 0 Å². The van der Waals surface area contributed by atoms with Gasteiger partial charge in [-0.1, -0.05) is 0 Å². The Hall–Kier alpha value is -1.55. The van der Waals surface area contributed by atoms with E-state index < -0.39 is 0 Å². The number of nitrogens with zero attached hydrogens (tertiary/aromatic N) is 2. The molecule has 0 aliphatic heterocycles. The third-order valence-corrected chi connectivity index (χ3v) is 2.04. The Kier molecular flexibility index (Phi) is 1.90. The monoisotopic (exact) mass is 177 g/mol. The number of hydrogen-bond donors (Lipinski definition) is 1. The highest BCUT2D eigenvalue weighted by Gasteiger charge is 2.08. The Morgan fingerprint density at radius 3 is 3.00 bits per heavy atom. The summed E-state index contributed by atoms with van der Waals surface area (Å²) < 4.78 is 7.19. The third kappa shape index (κ3) is 1.25. The van der Waals surface area contributed by atoms with Gasteiger partial charge in [-0.3, -0.25) is 0 Å². The van der Waals surface area contributed by atoms with Crippen LogP contribution in [0.1, 0.15) is 5.82 Å². The van der Waals surface area contributed by atoms with Crippen LogP contribution in [0.5, 0.6) is 0 Å². The van der Waals surface area contributed by atoms with Crippen LogP contribution in [0.4, 0.5) is 0 Å². The second kappa shape index (κ2) is 3.06. The van der Waals surface area contributed by atoms with Crippen molar-refractivity contribution in [3.05, 3.63) is 30.4 Å². The highest BCUT2D eigenvalue weighted by molar-refractivity contribution is 5.51. The van der Waals surface area contributed by atoms with E-state index in [0.29, 0.717) is 6.54 Å². The minimum absolute atomic E-state index is 0.442. The van der Waals surface area contributed by atoms with Crippen LogP contribution in [0.15, 0.2) is 29.0 Å². The number of nitrogens with two attached hydrogens (primary N) is 1. The van der Waals surface area contributed by atoms with Crippen LogP contribution in [0, 0.1) is 0 Å². The van der Waals surface area contributed by atoms with E-state index in [0.717, 1.165) is 17.3 Å². The van der Waals surface area contributed by atoms with E-state index in [1.54, 1.807) is 12.5 Å². The van der Waals surface area contributed by atoms with Gasteiger partial charge in [-0.25, -0.2) is 4.98 Å². The molecular formula is C9H11N3O. The van der Waals surface area contributed by atoms with Crippen LogP contribution in [0.25, 0.3) is 11.5 Å². The average molecular weight is 177 g/mol. The van der Waals surface area contributed by atoms with Crippen molar-refractivity contribution in [2.45, 2.75) is 6.54 Å². The molecule has 2 aromatic rings. The molecule has 0 fully saturated rings. The minimum Gasteiger partial charge on any atom is -0.463 e. The van der Waals surface area contributed by atoms with Gasteiger partial charge in [0, 0.05) is 7.05 Å². The number of hydrogen-bond acceptors (Lipinski definition) is 3. The van der Waals surface area contributed by atoms with Crippen molar-refractivity contribution in [2.75, 3.05) is 0 Å². The summed E-state index contributed by atoms with van der Waals surface area (Å²) in [6, 6.07) is 3.75. The molecule has 2 N–H and O–H groups in total. The van der Waals surface area contributed by atoms with Crippen molar-refractivity contribution in [2.24, 2.45) is 12.8 Å². The molecule has 0 radical (unpaired) electrons. The summed E-state index contributed by atoms with van der Waals surface area (Å²) in [4.78, 5) is 4.17. The van der Waals surface area contributed by atoms with Gasteiger partial charge < -0.3 is 14.7 Å². The fourth-order valence-electron chi connectivity index (χ4n) is 1.29. The van der Waals surface area contributed by atoms with Crippen LogP contribution in [-0.4, -0.2) is 9.55 Å². The Morgan fingerprint density at radius 1 is 1.62 bits per heavy atom. The first-order chi connectivity index (χ1) is 6.33. The first kappa shape index (κ1) is 8.07. The van der Waals surface area contributed by atoms with Gasteiger partial charge in [0.05, 0.1) is 19.0 Å². The molecule has 0 bridgehead atoms. The lowest BCUT2D eigenvalue weighted by atomic mass is 10.3. The van der Waals surface area contributed by atoms with Gasteiger partial charge in [0.2, 0.25) is 0 Å². The molecular weight excluding hydrogens is 166 g/mol. The van der Waals surface area contributed by atoms with Crippen LogP contribution >= 0.6 is 0 Å². The van der Waals surface area contributed by atoms with Crippen LogP contribution in [0.3, 0.4) is 0 Å². The lowest BCUT2D eigenvalue weighted by Gasteiger charge is -2.00. The Labute approximate surface area is 76.0 Å². The summed E-state index contributed by atoms with van der Waals surface area (Å²) in [5.41, 5.74) is 6.45. The van der Waals surface area contributed by atoms with Gasteiger partial charge >= 0.3 is 0 Å². The lowest BCUT2D eigenvalue weighted by Crippen LogP contribution is -2.05. The predicted octanol–water partition coefficient (Wildman–Crippen LogP) is 1.14. The standard InChI is InChI=1S/C9H11N3O/c1-12-7(6-11-9(12)5-10)8-3-2-4-13-8/h2-4,6H,5,10H2,1H3. The fourth-order valence-corrected chi connectivity index (χ4v) is 1.29. The zero-order valence-electron chi connectivity index (χ0n) is 7.40. The highest BCUT2D eigenvalue weighted by atomic mass is 16.3. The zero-order chi connectivity index (χ0) is 9.26. The van der Waals surface area contributed by atoms with Crippen molar-refractivity contribution in [1.82, 2.24) is 9.55 Å². The minimum atomic E-state index is 0.442. The predicted molar refractivity (Wildman–Crippen MR) is 48.8 cm³/mol. The van der Waals surface area contributed by atoms with Crippen LogP contribution in [0.2, 0.25) is 0 Å². The van der Waals surface area contributed by atoms with Crippen LogP contribution < -0.4 is 5.73 Å². The van der Waals surface area contributed by atoms with E-state index in [2.05, 4.69) is 4.98 Å². The molecule has 68 valence electrons. The summed E-state index contributed by atoms with van der Waals surface area (Å²) >= 11 is 0. The number of aromatic nitrogens is 2. The molecule has 0 aliphatic rings. The van der Waals surface area contributed by atoms with E-state index in [1.807, 2.05) is 23.7 Å². The van der Waals surface area contributed by atoms with E-state index in [1.165, 1.54) is 0 Å². The third-order valence-electron chi connectivity index (χ3n) is 2.04. The maximum atomic E-state index is 5.50. The molecule has 2 aromatic heterocycles. The molecule has 0 unspecified atom stereocenters. The quantitative estimate of drug-likeness (QED) is 0.748. The summed E-state index contributed by atoms with van der Waals surface area (Å²) in [6.45, 7) is 0.442. The van der Waals surface area contributed by atoms with Crippen molar-refractivity contribution in [3.63, 3.8) is 0 Å². The Morgan fingerprint density at radius 2 is 2.46 bits per heavy atom. The number of furan rings is 1. The molecule has 2 heterocycles. The van der Waals surface area contributed by atoms with Gasteiger partial charge in [0.15, 0.2) is 5.76 Å². The number of rotatable bonds is 2. The summed E-state index contributed by atoms with van der Waals surface area (Å²) in [5, 5.41) is 0. The SMILES string of the molecule is Cn1c(-c2ccco2)cnc1CN. The lowest BCUT2D eigenvalue weighted by molar-refractivity contribution is 0.575. The Balaban J connectivity index is 2.48. The van der Waals surface area contributed by atoms with Gasteiger partial charge in [-0.2, -0.15) is 0 Å². The van der Waals surface area contributed by atoms with Gasteiger partial charge in [0.25, 0.3) is 0 Å². The summed E-state index contributed by atoms with van der Waals surface area (Å²) in [5.74, 6) is 1.67. The van der Waals surface area contributed by atoms with Crippen LogP contribution in [-0.2, 0) is 13.6 Å². The molecule has 4 nitrogen and oxygen atoms in total. The van der Waals surface area contributed by atoms with E-state index in [9.17, 15) is 0 Å². The average Bonchev–Trinajstić information content (AvgIpc) is 2.72. The molecule has 0 saturated heterocycles. The molecule has 2 rings (SSSR count). The van der Waals surface area contributed by atoms with Gasteiger partial charge in [-0.15, -0.1) is 0 Å². The molecule has 0 aromatic carbocycles. The van der Waals surface area contributed by atoms with Crippen molar-refractivity contribution in [1.29, 1.82) is 0 Å². The van der Waals surface area contributed by atoms with Gasteiger partial charge in [-0.05, 0) is 12.1 Å². The molecule has 0 aliphatic carbocycles. The normalized spacial score (nSPS) is 10.6.